The minimum Gasteiger partial charge on any atom is -0.295 e. The zero-order valence-electron chi connectivity index (χ0n) is 9.13. The van der Waals surface area contributed by atoms with E-state index in [1.54, 1.807) is 12.2 Å². The molecule has 0 aromatic heterocycles. The van der Waals surface area contributed by atoms with Gasteiger partial charge in [-0.1, -0.05) is 24.6 Å². The lowest BCUT2D eigenvalue weighted by atomic mass is 9.99. The van der Waals surface area contributed by atoms with Crippen molar-refractivity contribution in [2.24, 2.45) is 5.92 Å². The number of hydrogen-bond acceptors (Lipinski definition) is 1. The summed E-state index contributed by atoms with van der Waals surface area (Å²) in [5.74, 6) is 0.399. The molecule has 0 rings (SSSR count). The van der Waals surface area contributed by atoms with E-state index in [1.807, 2.05) is 13.8 Å². The van der Waals surface area contributed by atoms with Crippen LogP contribution >= 0.6 is 0 Å². The third kappa shape index (κ3) is 6.32. The number of rotatable bonds is 5. The number of carbonyl (C=O) groups is 1. The van der Waals surface area contributed by atoms with Crippen molar-refractivity contribution in [3.8, 4) is 0 Å². The Morgan fingerprint density at radius 2 is 2.00 bits per heavy atom. The lowest BCUT2D eigenvalue weighted by molar-refractivity contribution is -0.117. The molecular weight excluding hydrogens is 160 g/mol. The highest BCUT2D eigenvalue weighted by Gasteiger charge is 2.07. The summed E-state index contributed by atoms with van der Waals surface area (Å²) in [6.07, 6.45) is 7.60. The van der Waals surface area contributed by atoms with Crippen molar-refractivity contribution in [1.29, 1.82) is 0 Å². The van der Waals surface area contributed by atoms with E-state index < -0.39 is 0 Å². The summed E-state index contributed by atoms with van der Waals surface area (Å²) in [5, 5.41) is 0. The molecule has 0 fully saturated rings. The quantitative estimate of drug-likeness (QED) is 0.467. The molecule has 0 radical (unpaired) electrons. The minimum atomic E-state index is 0.159. The van der Waals surface area contributed by atoms with E-state index in [-0.39, 0.29) is 11.7 Å². The normalized spacial score (nSPS) is 12.9. The zero-order chi connectivity index (χ0) is 10.3. The maximum atomic E-state index is 11.3. The molecule has 0 spiro atoms. The van der Waals surface area contributed by atoms with E-state index in [2.05, 4.69) is 19.9 Å². The highest BCUT2D eigenvalue weighted by atomic mass is 16.1. The van der Waals surface area contributed by atoms with Gasteiger partial charge in [-0.3, -0.25) is 4.79 Å². The Hall–Kier alpha value is -0.850. The SMILES string of the molecule is C/C=C\C(=O)C(C)CCC=C(C)C. The van der Waals surface area contributed by atoms with E-state index in [9.17, 15) is 4.79 Å². The fourth-order valence-corrected chi connectivity index (χ4v) is 1.09. The van der Waals surface area contributed by atoms with Gasteiger partial charge in [-0.25, -0.2) is 0 Å². The smallest absolute Gasteiger partial charge is 0.158 e. The predicted octanol–water partition coefficient (Wildman–Crippen LogP) is 3.51. The van der Waals surface area contributed by atoms with Crippen LogP contribution in [0.5, 0.6) is 0 Å². The summed E-state index contributed by atoms with van der Waals surface area (Å²) in [5.41, 5.74) is 1.32. The van der Waals surface area contributed by atoms with E-state index >= 15 is 0 Å². The highest BCUT2D eigenvalue weighted by Crippen LogP contribution is 2.09. The zero-order valence-corrected chi connectivity index (χ0v) is 9.13. The Kier molecular flexibility index (Phi) is 6.21. The standard InChI is InChI=1S/C12H20O/c1-5-7-12(13)11(4)9-6-8-10(2)3/h5,7-8,11H,6,9H2,1-4H3/b7-5-. The molecule has 13 heavy (non-hydrogen) atoms. The average Bonchev–Trinajstić information content (AvgIpc) is 2.04. The van der Waals surface area contributed by atoms with Crippen molar-refractivity contribution >= 4 is 5.78 Å². The fraction of sp³-hybridized carbons (Fsp3) is 0.583. The molecule has 0 aliphatic carbocycles. The van der Waals surface area contributed by atoms with Crippen molar-refractivity contribution in [3.05, 3.63) is 23.8 Å². The first-order valence-corrected chi connectivity index (χ1v) is 4.87. The number of allylic oxidation sites excluding steroid dienone is 4. The Morgan fingerprint density at radius 3 is 2.46 bits per heavy atom. The van der Waals surface area contributed by atoms with Gasteiger partial charge in [0.2, 0.25) is 0 Å². The maximum absolute atomic E-state index is 11.3. The molecule has 0 aromatic carbocycles. The summed E-state index contributed by atoms with van der Waals surface area (Å²) < 4.78 is 0. The second-order valence-corrected chi connectivity index (χ2v) is 3.66. The predicted molar refractivity (Wildman–Crippen MR) is 57.7 cm³/mol. The lowest BCUT2D eigenvalue weighted by Gasteiger charge is -2.04. The van der Waals surface area contributed by atoms with Crippen LogP contribution in [0.1, 0.15) is 40.5 Å². The molecule has 0 aliphatic rings. The molecule has 1 atom stereocenters. The summed E-state index contributed by atoms with van der Waals surface area (Å²) in [6, 6.07) is 0. The average molecular weight is 180 g/mol. The molecule has 0 saturated carbocycles. The van der Waals surface area contributed by atoms with Crippen LogP contribution in [0, 0.1) is 5.92 Å². The second-order valence-electron chi connectivity index (χ2n) is 3.66. The topological polar surface area (TPSA) is 17.1 Å². The molecule has 0 bridgehead atoms. The lowest BCUT2D eigenvalue weighted by Crippen LogP contribution is -2.06. The van der Waals surface area contributed by atoms with E-state index in [4.69, 9.17) is 0 Å². The Morgan fingerprint density at radius 1 is 1.38 bits per heavy atom. The Balaban J connectivity index is 3.81. The first-order chi connectivity index (χ1) is 6.07. The van der Waals surface area contributed by atoms with E-state index in [0.717, 1.165) is 12.8 Å². The summed E-state index contributed by atoms with van der Waals surface area (Å²) in [7, 11) is 0. The van der Waals surface area contributed by atoms with Gasteiger partial charge >= 0.3 is 0 Å². The minimum absolute atomic E-state index is 0.159. The molecule has 0 heterocycles. The van der Waals surface area contributed by atoms with Gasteiger partial charge in [0.1, 0.15) is 0 Å². The molecule has 1 unspecified atom stereocenters. The monoisotopic (exact) mass is 180 g/mol. The molecule has 0 amide bonds. The van der Waals surface area contributed by atoms with Crippen LogP contribution in [0.3, 0.4) is 0 Å². The third-order valence-corrected chi connectivity index (χ3v) is 1.97. The van der Waals surface area contributed by atoms with Crippen molar-refractivity contribution in [1.82, 2.24) is 0 Å². The van der Waals surface area contributed by atoms with E-state index in [1.165, 1.54) is 5.57 Å². The first kappa shape index (κ1) is 12.2. The van der Waals surface area contributed by atoms with Crippen LogP contribution < -0.4 is 0 Å². The first-order valence-electron chi connectivity index (χ1n) is 4.87. The second kappa shape index (κ2) is 6.64. The van der Waals surface area contributed by atoms with Crippen LogP contribution in [-0.2, 0) is 4.79 Å². The van der Waals surface area contributed by atoms with Crippen LogP contribution in [0.25, 0.3) is 0 Å². The van der Waals surface area contributed by atoms with Crippen LogP contribution in [0.15, 0.2) is 23.8 Å². The van der Waals surface area contributed by atoms with Gasteiger partial charge in [-0.15, -0.1) is 0 Å². The Bertz CT molecular complexity index is 207. The molecule has 0 aromatic rings. The molecule has 0 saturated heterocycles. The number of hydrogen-bond donors (Lipinski definition) is 0. The largest absolute Gasteiger partial charge is 0.295 e. The molecule has 0 N–H and O–H groups in total. The van der Waals surface area contributed by atoms with Crippen molar-refractivity contribution in [2.75, 3.05) is 0 Å². The van der Waals surface area contributed by atoms with Crippen molar-refractivity contribution < 1.29 is 4.79 Å². The molecular formula is C12H20O. The molecule has 1 heteroatoms. The van der Waals surface area contributed by atoms with Gasteiger partial charge in [0.25, 0.3) is 0 Å². The Labute approximate surface area is 81.5 Å². The van der Waals surface area contributed by atoms with E-state index in [0.29, 0.717) is 0 Å². The summed E-state index contributed by atoms with van der Waals surface area (Å²) >= 11 is 0. The van der Waals surface area contributed by atoms with Crippen LogP contribution in [-0.4, -0.2) is 5.78 Å². The van der Waals surface area contributed by atoms with Gasteiger partial charge in [0.15, 0.2) is 5.78 Å². The number of carbonyl (C=O) groups excluding carboxylic acids is 1. The summed E-state index contributed by atoms with van der Waals surface area (Å²) in [4.78, 5) is 11.3. The maximum Gasteiger partial charge on any atom is 0.158 e. The van der Waals surface area contributed by atoms with Gasteiger partial charge in [-0.05, 0) is 39.7 Å². The van der Waals surface area contributed by atoms with Crippen molar-refractivity contribution in [3.63, 3.8) is 0 Å². The fourth-order valence-electron chi connectivity index (χ4n) is 1.09. The molecule has 0 aliphatic heterocycles. The highest BCUT2D eigenvalue weighted by molar-refractivity contribution is 5.91. The third-order valence-electron chi connectivity index (χ3n) is 1.97. The van der Waals surface area contributed by atoms with Crippen LogP contribution in [0.4, 0.5) is 0 Å². The van der Waals surface area contributed by atoms with Gasteiger partial charge < -0.3 is 0 Å². The van der Waals surface area contributed by atoms with Gasteiger partial charge in [0.05, 0.1) is 0 Å². The van der Waals surface area contributed by atoms with Gasteiger partial charge in [-0.2, -0.15) is 0 Å². The number of ketones is 1. The molecule has 74 valence electrons. The summed E-state index contributed by atoms with van der Waals surface area (Å²) in [6.45, 7) is 8.03. The van der Waals surface area contributed by atoms with Gasteiger partial charge in [0, 0.05) is 5.92 Å². The van der Waals surface area contributed by atoms with Crippen molar-refractivity contribution in [2.45, 2.75) is 40.5 Å². The molecule has 1 nitrogen and oxygen atoms in total. The van der Waals surface area contributed by atoms with Crippen LogP contribution in [0.2, 0.25) is 0 Å².